The summed E-state index contributed by atoms with van der Waals surface area (Å²) in [6.07, 6.45) is 0. The van der Waals surface area contributed by atoms with Gasteiger partial charge < -0.3 is 10.8 Å². The van der Waals surface area contributed by atoms with Gasteiger partial charge in [-0.05, 0) is 30.2 Å². The number of aryl methyl sites for hydroxylation is 1. The van der Waals surface area contributed by atoms with Gasteiger partial charge in [0.1, 0.15) is 5.82 Å². The minimum absolute atomic E-state index is 0. The van der Waals surface area contributed by atoms with Crippen LogP contribution in [0.5, 0.6) is 0 Å². The highest BCUT2D eigenvalue weighted by Crippen LogP contribution is 2.15. The van der Waals surface area contributed by atoms with Gasteiger partial charge in [-0.3, -0.25) is 0 Å². The molecule has 0 amide bonds. The van der Waals surface area contributed by atoms with Crippen molar-refractivity contribution in [3.05, 3.63) is 35.1 Å². The Hall–Kier alpha value is -0.640. The molecule has 0 aliphatic carbocycles. The van der Waals surface area contributed by atoms with E-state index in [9.17, 15) is 4.39 Å². The maximum absolute atomic E-state index is 12.6. The minimum Gasteiger partial charge on any atom is -0.394 e. The number of benzene rings is 1. The van der Waals surface area contributed by atoms with E-state index in [1.165, 1.54) is 12.1 Å². The first-order chi connectivity index (χ1) is 5.65. The average Bonchev–Trinajstić information content (AvgIpc) is 2.03. The van der Waals surface area contributed by atoms with Crippen molar-refractivity contribution in [1.82, 2.24) is 0 Å². The predicted molar refractivity (Wildman–Crippen MR) is 52.4 cm³/mol. The van der Waals surface area contributed by atoms with Gasteiger partial charge >= 0.3 is 0 Å². The van der Waals surface area contributed by atoms with Crippen molar-refractivity contribution < 1.29 is 9.50 Å². The molecule has 1 rings (SSSR count). The van der Waals surface area contributed by atoms with Gasteiger partial charge in [-0.2, -0.15) is 0 Å². The lowest BCUT2D eigenvalue weighted by Gasteiger charge is -2.11. The first-order valence-electron chi connectivity index (χ1n) is 3.77. The van der Waals surface area contributed by atoms with Crippen molar-refractivity contribution in [3.63, 3.8) is 0 Å². The van der Waals surface area contributed by atoms with Crippen molar-refractivity contribution in [3.8, 4) is 0 Å². The van der Waals surface area contributed by atoms with Gasteiger partial charge in [0, 0.05) is 0 Å². The van der Waals surface area contributed by atoms with Gasteiger partial charge in [0.2, 0.25) is 0 Å². The molecule has 0 aliphatic rings. The number of aliphatic hydroxyl groups is 1. The quantitative estimate of drug-likeness (QED) is 0.770. The Morgan fingerprint density at radius 1 is 1.54 bits per heavy atom. The number of hydrogen-bond acceptors (Lipinski definition) is 2. The van der Waals surface area contributed by atoms with Crippen molar-refractivity contribution in [2.24, 2.45) is 5.73 Å². The summed E-state index contributed by atoms with van der Waals surface area (Å²) >= 11 is 0. The van der Waals surface area contributed by atoms with Gasteiger partial charge in [-0.25, -0.2) is 4.39 Å². The SMILES string of the molecule is Cc1cc(F)ccc1C(N)CO.Cl. The minimum atomic E-state index is -0.411. The fraction of sp³-hybridized carbons (Fsp3) is 0.333. The van der Waals surface area contributed by atoms with Crippen LogP contribution in [0.25, 0.3) is 0 Å². The van der Waals surface area contributed by atoms with Crippen molar-refractivity contribution in [2.45, 2.75) is 13.0 Å². The molecule has 3 N–H and O–H groups in total. The summed E-state index contributed by atoms with van der Waals surface area (Å²) in [6, 6.07) is 3.94. The zero-order chi connectivity index (χ0) is 9.14. The molecule has 13 heavy (non-hydrogen) atoms. The molecule has 0 heterocycles. The lowest BCUT2D eigenvalue weighted by molar-refractivity contribution is 0.267. The standard InChI is InChI=1S/C9H12FNO.ClH/c1-6-4-7(10)2-3-8(6)9(11)5-12;/h2-4,9,12H,5,11H2,1H3;1H. The number of nitrogens with two attached hydrogens (primary N) is 1. The second-order valence-electron chi connectivity index (χ2n) is 2.79. The van der Waals surface area contributed by atoms with E-state index in [0.29, 0.717) is 0 Å². The molecule has 1 atom stereocenters. The smallest absolute Gasteiger partial charge is 0.123 e. The zero-order valence-electron chi connectivity index (χ0n) is 7.33. The van der Waals surface area contributed by atoms with E-state index in [1.54, 1.807) is 13.0 Å². The molecule has 0 radical (unpaired) electrons. The molecule has 1 aromatic rings. The zero-order valence-corrected chi connectivity index (χ0v) is 8.14. The Morgan fingerprint density at radius 3 is 2.62 bits per heavy atom. The second-order valence-corrected chi connectivity index (χ2v) is 2.79. The van der Waals surface area contributed by atoms with E-state index in [-0.39, 0.29) is 24.8 Å². The van der Waals surface area contributed by atoms with Crippen LogP contribution in [0.15, 0.2) is 18.2 Å². The molecule has 0 fully saturated rings. The molecule has 74 valence electrons. The van der Waals surface area contributed by atoms with E-state index in [4.69, 9.17) is 10.8 Å². The van der Waals surface area contributed by atoms with Crippen LogP contribution >= 0.6 is 12.4 Å². The maximum Gasteiger partial charge on any atom is 0.123 e. The van der Waals surface area contributed by atoms with Crippen LogP contribution in [0.1, 0.15) is 17.2 Å². The predicted octanol–water partition coefficient (Wildman–Crippen LogP) is 1.55. The molecule has 0 bridgehead atoms. The Labute approximate surface area is 83.0 Å². The van der Waals surface area contributed by atoms with E-state index in [1.807, 2.05) is 0 Å². The monoisotopic (exact) mass is 205 g/mol. The van der Waals surface area contributed by atoms with Crippen molar-refractivity contribution in [2.75, 3.05) is 6.61 Å². The highest BCUT2D eigenvalue weighted by atomic mass is 35.5. The van der Waals surface area contributed by atoms with Gasteiger partial charge in [-0.15, -0.1) is 12.4 Å². The first-order valence-corrected chi connectivity index (χ1v) is 3.77. The molecule has 0 saturated carbocycles. The van der Waals surface area contributed by atoms with Crippen molar-refractivity contribution in [1.29, 1.82) is 0 Å². The van der Waals surface area contributed by atoms with Crippen LogP contribution in [-0.4, -0.2) is 11.7 Å². The summed E-state index contributed by atoms with van der Waals surface area (Å²) in [4.78, 5) is 0. The van der Waals surface area contributed by atoms with Gasteiger partial charge in [-0.1, -0.05) is 6.07 Å². The lowest BCUT2D eigenvalue weighted by Crippen LogP contribution is -2.15. The topological polar surface area (TPSA) is 46.2 Å². The van der Waals surface area contributed by atoms with E-state index in [0.717, 1.165) is 11.1 Å². The van der Waals surface area contributed by atoms with Gasteiger partial charge in [0.15, 0.2) is 0 Å². The van der Waals surface area contributed by atoms with Crippen LogP contribution in [-0.2, 0) is 0 Å². The number of halogens is 2. The molecule has 0 spiro atoms. The third kappa shape index (κ3) is 2.95. The summed E-state index contributed by atoms with van der Waals surface area (Å²) in [6.45, 7) is 1.65. The number of hydrogen-bond donors (Lipinski definition) is 2. The van der Waals surface area contributed by atoms with Gasteiger partial charge in [0.05, 0.1) is 12.6 Å². The Kier molecular flexibility index (Phi) is 4.91. The molecule has 2 nitrogen and oxygen atoms in total. The van der Waals surface area contributed by atoms with Crippen LogP contribution in [0, 0.1) is 12.7 Å². The highest BCUT2D eigenvalue weighted by Gasteiger charge is 2.07. The first kappa shape index (κ1) is 12.4. The van der Waals surface area contributed by atoms with Crippen LogP contribution in [0.2, 0.25) is 0 Å². The molecule has 0 saturated heterocycles. The van der Waals surface area contributed by atoms with E-state index >= 15 is 0 Å². The Bertz CT molecular complexity index is 280. The Morgan fingerprint density at radius 2 is 2.15 bits per heavy atom. The largest absolute Gasteiger partial charge is 0.394 e. The lowest BCUT2D eigenvalue weighted by atomic mass is 10.0. The number of rotatable bonds is 2. The third-order valence-electron chi connectivity index (χ3n) is 1.83. The molecule has 0 aliphatic heterocycles. The van der Waals surface area contributed by atoms with E-state index in [2.05, 4.69) is 0 Å². The van der Waals surface area contributed by atoms with Crippen molar-refractivity contribution >= 4 is 12.4 Å². The summed E-state index contributed by atoms with van der Waals surface area (Å²) in [7, 11) is 0. The molecular weight excluding hydrogens is 193 g/mol. The second kappa shape index (κ2) is 5.17. The average molecular weight is 206 g/mol. The van der Waals surface area contributed by atoms with Crippen LogP contribution in [0.4, 0.5) is 4.39 Å². The van der Waals surface area contributed by atoms with Crippen LogP contribution in [0.3, 0.4) is 0 Å². The fourth-order valence-electron chi connectivity index (χ4n) is 1.15. The van der Waals surface area contributed by atoms with Crippen LogP contribution < -0.4 is 5.73 Å². The molecule has 1 aromatic carbocycles. The maximum atomic E-state index is 12.6. The van der Waals surface area contributed by atoms with Gasteiger partial charge in [0.25, 0.3) is 0 Å². The summed E-state index contributed by atoms with van der Waals surface area (Å²) < 4.78 is 12.6. The van der Waals surface area contributed by atoms with E-state index < -0.39 is 6.04 Å². The summed E-state index contributed by atoms with van der Waals surface area (Å²) in [5.41, 5.74) is 7.14. The Balaban J connectivity index is 0.00000144. The number of aliphatic hydroxyl groups excluding tert-OH is 1. The molecule has 4 heteroatoms. The third-order valence-corrected chi connectivity index (χ3v) is 1.83. The molecule has 0 aromatic heterocycles. The summed E-state index contributed by atoms with van der Waals surface area (Å²) in [5, 5.41) is 8.76. The molecular formula is C9H13ClFNO. The highest BCUT2D eigenvalue weighted by molar-refractivity contribution is 5.85. The molecule has 1 unspecified atom stereocenters. The fourth-order valence-corrected chi connectivity index (χ4v) is 1.15. The normalized spacial score (nSPS) is 12.0. The summed E-state index contributed by atoms with van der Waals surface area (Å²) in [5.74, 6) is -0.276.